The van der Waals surface area contributed by atoms with Gasteiger partial charge in [-0.15, -0.1) is 4.73 Å². The lowest BCUT2D eigenvalue weighted by Crippen LogP contribution is -2.44. The van der Waals surface area contributed by atoms with E-state index in [1.165, 1.54) is 18.2 Å². The van der Waals surface area contributed by atoms with E-state index < -0.39 is 22.3 Å². The molecule has 1 amide bonds. The quantitative estimate of drug-likeness (QED) is 0.314. The molecule has 27 heavy (non-hydrogen) atoms. The molecule has 0 saturated heterocycles. The van der Waals surface area contributed by atoms with Crippen LogP contribution in [-0.2, 0) is 0 Å². The summed E-state index contributed by atoms with van der Waals surface area (Å²) in [7, 11) is 0. The van der Waals surface area contributed by atoms with E-state index in [4.69, 9.17) is 0 Å². The van der Waals surface area contributed by atoms with Gasteiger partial charge < -0.3 is 10.4 Å². The molecule has 3 aromatic rings. The number of benzene rings is 1. The van der Waals surface area contributed by atoms with Crippen molar-refractivity contribution < 1.29 is 19.2 Å². The van der Waals surface area contributed by atoms with Gasteiger partial charge in [-0.2, -0.15) is 10.6 Å². The van der Waals surface area contributed by atoms with Crippen molar-refractivity contribution in [2.75, 3.05) is 5.32 Å². The summed E-state index contributed by atoms with van der Waals surface area (Å²) in [6.07, 6.45) is 0. The third kappa shape index (κ3) is 2.98. The Labute approximate surface area is 155 Å². The first-order valence-electron chi connectivity index (χ1n) is 7.50. The molecule has 2 heterocycles. The molecule has 136 valence electrons. The van der Waals surface area contributed by atoms with Crippen LogP contribution in [0.3, 0.4) is 0 Å². The van der Waals surface area contributed by atoms with Gasteiger partial charge in [0.15, 0.2) is 6.07 Å². The Morgan fingerprint density at radius 3 is 2.30 bits per heavy atom. The van der Waals surface area contributed by atoms with E-state index in [9.17, 15) is 30.6 Å². The number of nitrogens with one attached hydrogen (secondary N) is 1. The van der Waals surface area contributed by atoms with E-state index in [2.05, 4.69) is 5.32 Å². The lowest BCUT2D eigenvalue weighted by Gasteiger charge is -2.13. The molecule has 10 nitrogen and oxygen atoms in total. The Kier molecular flexibility index (Phi) is 4.34. The highest BCUT2D eigenvalue weighted by Gasteiger charge is 2.30. The molecule has 0 fully saturated rings. The number of rotatable bonds is 3. The number of aromatic nitrogens is 2. The van der Waals surface area contributed by atoms with Crippen molar-refractivity contribution >= 4 is 39.1 Å². The average Bonchev–Trinajstić information content (AvgIpc) is 3.12. The Morgan fingerprint density at radius 1 is 1.19 bits per heavy atom. The van der Waals surface area contributed by atoms with Crippen LogP contribution in [-0.4, -0.2) is 10.8 Å². The minimum Gasteiger partial charge on any atom is -0.710 e. The van der Waals surface area contributed by atoms with E-state index in [0.717, 1.165) is 17.2 Å². The fourth-order valence-corrected chi connectivity index (χ4v) is 3.19. The summed E-state index contributed by atoms with van der Waals surface area (Å²) < 4.78 is 0.581. The molecular weight excluding hydrogens is 374 g/mol. The molecule has 0 aliphatic carbocycles. The molecule has 0 radical (unpaired) electrons. The number of thiophene rings is 1. The number of nitriles is 1. The summed E-state index contributed by atoms with van der Waals surface area (Å²) >= 11 is 0.610. The van der Waals surface area contributed by atoms with Crippen LogP contribution in [0.15, 0.2) is 24.3 Å². The van der Waals surface area contributed by atoms with Crippen LogP contribution in [0.5, 0.6) is 0 Å². The maximum Gasteiger partial charge on any atom is 0.386 e. The van der Waals surface area contributed by atoms with Crippen molar-refractivity contribution in [3.8, 4) is 6.07 Å². The number of fused-ring (bicyclic) bond motifs is 1. The molecule has 0 aliphatic heterocycles. The van der Waals surface area contributed by atoms with Crippen LogP contribution in [0.2, 0.25) is 0 Å². The van der Waals surface area contributed by atoms with Crippen LogP contribution in [0.1, 0.15) is 26.5 Å². The zero-order valence-electron chi connectivity index (χ0n) is 14.0. The van der Waals surface area contributed by atoms with Gasteiger partial charge >= 0.3 is 22.4 Å². The molecule has 1 aromatic carbocycles. The molecule has 0 bridgehead atoms. The zero-order chi connectivity index (χ0) is 19.9. The first-order chi connectivity index (χ1) is 12.7. The normalized spacial score (nSPS) is 10.6. The van der Waals surface area contributed by atoms with E-state index in [-0.39, 0.29) is 25.6 Å². The van der Waals surface area contributed by atoms with Crippen molar-refractivity contribution in [1.29, 1.82) is 5.26 Å². The van der Waals surface area contributed by atoms with Crippen LogP contribution in [0.25, 0.3) is 11.0 Å². The van der Waals surface area contributed by atoms with E-state index >= 15 is 0 Å². The highest BCUT2D eigenvalue weighted by molar-refractivity contribution is 7.17. The minimum atomic E-state index is -0.836. The number of hydrogen-bond donors (Lipinski definition) is 1. The molecule has 0 spiro atoms. The highest BCUT2D eigenvalue weighted by Crippen LogP contribution is 2.25. The molecule has 1 N–H and O–H groups in total. The fraction of sp³-hybridized carbons (Fsp3) is 0.125. The summed E-state index contributed by atoms with van der Waals surface area (Å²) in [5.74, 6) is -1.37. The second kappa shape index (κ2) is 6.50. The van der Waals surface area contributed by atoms with E-state index in [0.29, 0.717) is 16.1 Å². The van der Waals surface area contributed by atoms with Gasteiger partial charge in [-0.05, 0) is 37.1 Å². The lowest BCUT2D eigenvalue weighted by atomic mass is 10.1. The summed E-state index contributed by atoms with van der Waals surface area (Å²) in [4.78, 5) is 22.4. The van der Waals surface area contributed by atoms with Crippen molar-refractivity contribution in [3.63, 3.8) is 0 Å². The van der Waals surface area contributed by atoms with E-state index in [1.807, 2.05) is 0 Å². The Bertz CT molecular complexity index is 1160. The minimum absolute atomic E-state index is 0.00518. The number of nitrogens with zero attached hydrogens (tertiary/aromatic N) is 4. The fourth-order valence-electron chi connectivity index (χ4n) is 2.47. The van der Waals surface area contributed by atoms with Gasteiger partial charge in [0.05, 0.1) is 4.92 Å². The van der Waals surface area contributed by atoms with Crippen LogP contribution >= 0.6 is 11.3 Å². The van der Waals surface area contributed by atoms with Crippen LogP contribution in [0.4, 0.5) is 10.8 Å². The first-order valence-corrected chi connectivity index (χ1v) is 8.32. The van der Waals surface area contributed by atoms with Gasteiger partial charge in [-0.3, -0.25) is 10.1 Å². The van der Waals surface area contributed by atoms with Crippen LogP contribution in [0, 0.1) is 45.7 Å². The van der Waals surface area contributed by atoms with Crippen molar-refractivity contribution in [1.82, 2.24) is 0 Å². The van der Waals surface area contributed by atoms with Gasteiger partial charge in [-0.1, -0.05) is 11.3 Å². The van der Waals surface area contributed by atoms with Crippen molar-refractivity contribution in [2.45, 2.75) is 13.8 Å². The number of nitro groups is 1. The Balaban J connectivity index is 2.14. The van der Waals surface area contributed by atoms with Gasteiger partial charge in [0, 0.05) is 12.1 Å². The summed E-state index contributed by atoms with van der Waals surface area (Å²) in [6.45, 7) is 3.51. The number of carbonyl (C=O) groups is 1. The monoisotopic (exact) mass is 385 g/mol. The average molecular weight is 385 g/mol. The largest absolute Gasteiger partial charge is 0.710 e. The number of carbonyl (C=O) groups excluding carboxylic acids is 1. The van der Waals surface area contributed by atoms with Gasteiger partial charge in [-0.25, -0.2) is 9.52 Å². The third-order valence-electron chi connectivity index (χ3n) is 3.99. The summed E-state index contributed by atoms with van der Waals surface area (Å²) in [5, 5.41) is 47.2. The molecule has 3 rings (SSSR count). The zero-order valence-corrected chi connectivity index (χ0v) is 14.9. The standard InChI is InChI=1S/C16H11N5O5S/c1-8-5-10-11(6-9(8)2)20(24)15(12(7-17)19(10)23)18-16(22)13-3-4-14(27-13)21(25)26/h3-6H,1-2H3,(H,18,22). The number of anilines is 1. The molecule has 0 atom stereocenters. The van der Waals surface area contributed by atoms with Crippen molar-refractivity contribution in [3.05, 3.63) is 66.5 Å². The predicted molar refractivity (Wildman–Crippen MR) is 95.0 cm³/mol. The maximum absolute atomic E-state index is 12.7. The van der Waals surface area contributed by atoms with Gasteiger partial charge in [0.1, 0.15) is 4.88 Å². The smallest absolute Gasteiger partial charge is 0.386 e. The molecular formula is C16H11N5O5S. The van der Waals surface area contributed by atoms with E-state index in [1.54, 1.807) is 19.9 Å². The lowest BCUT2D eigenvalue weighted by molar-refractivity contribution is -0.620. The highest BCUT2D eigenvalue weighted by atomic mass is 32.1. The second-order valence-corrected chi connectivity index (χ2v) is 6.73. The topological polar surface area (TPSA) is 150 Å². The third-order valence-corrected chi connectivity index (χ3v) is 5.03. The van der Waals surface area contributed by atoms with Gasteiger partial charge in [0.2, 0.25) is 5.52 Å². The predicted octanol–water partition coefficient (Wildman–Crippen LogP) is 1.82. The second-order valence-electron chi connectivity index (χ2n) is 5.67. The molecule has 0 unspecified atom stereocenters. The Morgan fingerprint density at radius 2 is 1.78 bits per heavy atom. The number of amides is 1. The number of hydrogen-bond acceptors (Lipinski definition) is 7. The SMILES string of the molecule is Cc1cc2c(cc1C)[n+]([O-])c(NC(=O)c1ccc([N+](=O)[O-])s1)c(C#N)[n+]2[O-]. The Hall–Kier alpha value is -3.78. The molecule has 0 saturated carbocycles. The molecule has 11 heteroatoms. The molecule has 0 aliphatic rings. The summed E-state index contributed by atoms with van der Waals surface area (Å²) in [5.41, 5.74) is 0.913. The van der Waals surface area contributed by atoms with Crippen LogP contribution < -0.4 is 14.8 Å². The summed E-state index contributed by atoms with van der Waals surface area (Å²) in [6, 6.07) is 6.96. The van der Waals surface area contributed by atoms with Gasteiger partial charge in [0.25, 0.3) is 5.52 Å². The molecule has 2 aromatic heterocycles. The maximum atomic E-state index is 12.7. The van der Waals surface area contributed by atoms with Crippen molar-refractivity contribution in [2.24, 2.45) is 0 Å². The number of aryl methyl sites for hydroxylation is 2. The first kappa shape index (κ1) is 18.0.